The second-order valence-corrected chi connectivity index (χ2v) is 4.85. The van der Waals surface area contributed by atoms with E-state index in [-0.39, 0.29) is 5.91 Å². The van der Waals surface area contributed by atoms with E-state index in [1.165, 1.54) is 0 Å². The second kappa shape index (κ2) is 6.40. The minimum Gasteiger partial charge on any atom is -0.495 e. The third kappa shape index (κ3) is 3.09. The average molecular weight is 336 g/mol. The summed E-state index contributed by atoms with van der Waals surface area (Å²) in [6.07, 6.45) is 0. The number of nitrogen functional groups attached to an aromatic ring is 1. The van der Waals surface area contributed by atoms with Crippen molar-refractivity contribution in [1.29, 1.82) is 0 Å². The lowest BCUT2D eigenvalue weighted by Crippen LogP contribution is -2.17. The molecule has 0 radical (unpaired) electrons. The number of hydrogen-bond donors (Lipinski definition) is 3. The third-order valence-corrected chi connectivity index (χ3v) is 3.39. The molecule has 0 aliphatic rings. The van der Waals surface area contributed by atoms with Gasteiger partial charge >= 0.3 is 0 Å². The largest absolute Gasteiger partial charge is 0.495 e. The van der Waals surface area contributed by atoms with Crippen LogP contribution >= 0.6 is 15.9 Å². The molecule has 2 aromatic carbocycles. The van der Waals surface area contributed by atoms with Crippen LogP contribution in [0.25, 0.3) is 0 Å². The van der Waals surface area contributed by atoms with Gasteiger partial charge in [-0.25, -0.2) is 0 Å². The van der Waals surface area contributed by atoms with Crippen LogP contribution in [0.1, 0.15) is 10.4 Å². The van der Waals surface area contributed by atoms with Gasteiger partial charge in [-0.05, 0) is 40.2 Å². The van der Waals surface area contributed by atoms with Gasteiger partial charge in [0.2, 0.25) is 0 Å². The van der Waals surface area contributed by atoms with Gasteiger partial charge in [0, 0.05) is 11.8 Å². The number of halogens is 1. The van der Waals surface area contributed by atoms with Crippen LogP contribution < -0.4 is 21.3 Å². The first kappa shape index (κ1) is 14.4. The lowest BCUT2D eigenvalue weighted by molar-refractivity contribution is 0.102. The van der Waals surface area contributed by atoms with Gasteiger partial charge in [0.05, 0.1) is 22.8 Å². The fourth-order valence-corrected chi connectivity index (χ4v) is 2.15. The molecule has 4 N–H and O–H groups in total. The first-order chi connectivity index (χ1) is 9.65. The molecule has 0 atom stereocenters. The molecular formula is C14H14BrN3O2. The fraction of sp³-hybridized carbons (Fsp3) is 0.0714. The van der Waals surface area contributed by atoms with Gasteiger partial charge in [-0.3, -0.25) is 10.6 Å². The van der Waals surface area contributed by atoms with Crippen molar-refractivity contribution < 1.29 is 9.53 Å². The molecule has 2 rings (SSSR count). The highest BCUT2D eigenvalue weighted by molar-refractivity contribution is 9.10. The minimum absolute atomic E-state index is 0.247. The lowest BCUT2D eigenvalue weighted by Gasteiger charge is -2.11. The number of hydrogen-bond acceptors (Lipinski definition) is 4. The van der Waals surface area contributed by atoms with Crippen molar-refractivity contribution in [3.8, 4) is 5.75 Å². The molecular weight excluding hydrogens is 322 g/mol. The summed E-state index contributed by atoms with van der Waals surface area (Å²) < 4.78 is 6.01. The second-order valence-electron chi connectivity index (χ2n) is 3.99. The molecule has 0 spiro atoms. The molecule has 104 valence electrons. The average Bonchev–Trinajstić information content (AvgIpc) is 2.49. The van der Waals surface area contributed by atoms with Gasteiger partial charge in [-0.1, -0.05) is 12.1 Å². The first-order valence-corrected chi connectivity index (χ1v) is 6.65. The maximum absolute atomic E-state index is 12.2. The Balaban J connectivity index is 2.23. The summed E-state index contributed by atoms with van der Waals surface area (Å²) in [7, 11) is 1.57. The van der Waals surface area contributed by atoms with Crippen molar-refractivity contribution in [2.75, 3.05) is 17.9 Å². The molecule has 0 aliphatic carbocycles. The maximum Gasteiger partial charge on any atom is 0.257 e. The first-order valence-electron chi connectivity index (χ1n) is 5.86. The van der Waals surface area contributed by atoms with Crippen LogP contribution in [-0.2, 0) is 0 Å². The molecule has 0 saturated carbocycles. The number of ether oxygens (including phenoxy) is 1. The number of carbonyl (C=O) groups is 1. The highest BCUT2D eigenvalue weighted by Gasteiger charge is 2.11. The van der Waals surface area contributed by atoms with Crippen molar-refractivity contribution in [3.63, 3.8) is 0 Å². The Bertz CT molecular complexity index is 632. The topological polar surface area (TPSA) is 76.4 Å². The molecule has 1 amide bonds. The van der Waals surface area contributed by atoms with Crippen LogP contribution in [0, 0.1) is 0 Å². The Hall–Kier alpha value is -2.05. The normalized spacial score (nSPS) is 9.95. The SMILES string of the molecule is COc1cc(NC(=O)c2ccccc2NN)ccc1Br. The Kier molecular flexibility index (Phi) is 4.60. The number of para-hydroxylation sites is 1. The Morgan fingerprint density at radius 1 is 1.25 bits per heavy atom. The van der Waals surface area contributed by atoms with E-state index in [9.17, 15) is 4.79 Å². The molecule has 0 unspecified atom stereocenters. The van der Waals surface area contributed by atoms with Crippen molar-refractivity contribution in [2.24, 2.45) is 5.84 Å². The van der Waals surface area contributed by atoms with Gasteiger partial charge in [-0.2, -0.15) is 0 Å². The fourth-order valence-electron chi connectivity index (χ4n) is 1.74. The van der Waals surface area contributed by atoms with E-state index in [0.717, 1.165) is 4.47 Å². The van der Waals surface area contributed by atoms with E-state index >= 15 is 0 Å². The highest BCUT2D eigenvalue weighted by Crippen LogP contribution is 2.28. The Labute approximate surface area is 125 Å². The standard InChI is InChI=1S/C14H14BrN3O2/c1-20-13-8-9(6-7-11(13)15)17-14(19)10-4-2-3-5-12(10)18-16/h2-8,18H,16H2,1H3,(H,17,19). The summed E-state index contributed by atoms with van der Waals surface area (Å²) in [5.74, 6) is 5.79. The summed E-state index contributed by atoms with van der Waals surface area (Å²) >= 11 is 3.36. The van der Waals surface area contributed by atoms with Crippen LogP contribution in [0.2, 0.25) is 0 Å². The number of nitrogens with two attached hydrogens (primary N) is 1. The third-order valence-electron chi connectivity index (χ3n) is 2.74. The summed E-state index contributed by atoms with van der Waals surface area (Å²) in [6, 6.07) is 12.3. The van der Waals surface area contributed by atoms with E-state index in [1.54, 1.807) is 43.5 Å². The van der Waals surface area contributed by atoms with E-state index < -0.39 is 0 Å². The summed E-state index contributed by atoms with van der Waals surface area (Å²) in [4.78, 5) is 12.2. The molecule has 5 nitrogen and oxygen atoms in total. The molecule has 0 heterocycles. The van der Waals surface area contributed by atoms with Crippen molar-refractivity contribution in [2.45, 2.75) is 0 Å². The lowest BCUT2D eigenvalue weighted by atomic mass is 10.1. The molecule has 0 saturated heterocycles. The smallest absolute Gasteiger partial charge is 0.257 e. The number of nitrogens with one attached hydrogen (secondary N) is 2. The van der Waals surface area contributed by atoms with Crippen LogP contribution in [0.15, 0.2) is 46.9 Å². The predicted octanol–water partition coefficient (Wildman–Crippen LogP) is 3.00. The van der Waals surface area contributed by atoms with Crippen LogP contribution in [0.4, 0.5) is 11.4 Å². The van der Waals surface area contributed by atoms with Gasteiger partial charge in [0.15, 0.2) is 0 Å². The van der Waals surface area contributed by atoms with Crippen LogP contribution in [0.5, 0.6) is 5.75 Å². The number of rotatable bonds is 4. The summed E-state index contributed by atoms with van der Waals surface area (Å²) in [5.41, 5.74) is 4.17. The van der Waals surface area contributed by atoms with Crippen LogP contribution in [-0.4, -0.2) is 13.0 Å². The highest BCUT2D eigenvalue weighted by atomic mass is 79.9. The zero-order valence-electron chi connectivity index (χ0n) is 10.8. The van der Waals surface area contributed by atoms with Gasteiger partial charge in [-0.15, -0.1) is 0 Å². The maximum atomic E-state index is 12.2. The zero-order valence-corrected chi connectivity index (χ0v) is 12.4. The molecule has 6 heteroatoms. The molecule has 0 fully saturated rings. The van der Waals surface area contributed by atoms with Crippen molar-refractivity contribution in [1.82, 2.24) is 0 Å². The van der Waals surface area contributed by atoms with E-state index in [2.05, 4.69) is 26.7 Å². The number of carbonyl (C=O) groups excluding carboxylic acids is 1. The van der Waals surface area contributed by atoms with E-state index in [4.69, 9.17) is 10.6 Å². The van der Waals surface area contributed by atoms with Crippen molar-refractivity contribution in [3.05, 3.63) is 52.5 Å². The van der Waals surface area contributed by atoms with Gasteiger partial charge in [0.25, 0.3) is 5.91 Å². The Morgan fingerprint density at radius 2 is 2.00 bits per heavy atom. The molecule has 2 aromatic rings. The number of methoxy groups -OCH3 is 1. The van der Waals surface area contributed by atoms with Crippen LogP contribution in [0.3, 0.4) is 0 Å². The molecule has 0 bridgehead atoms. The number of anilines is 2. The summed E-state index contributed by atoms with van der Waals surface area (Å²) in [6.45, 7) is 0. The predicted molar refractivity (Wildman–Crippen MR) is 82.9 cm³/mol. The molecule has 0 aromatic heterocycles. The number of amides is 1. The summed E-state index contributed by atoms with van der Waals surface area (Å²) in [5, 5.41) is 2.80. The minimum atomic E-state index is -0.247. The quantitative estimate of drug-likeness (QED) is 0.593. The molecule has 0 aliphatic heterocycles. The van der Waals surface area contributed by atoms with Crippen molar-refractivity contribution >= 4 is 33.2 Å². The molecule has 20 heavy (non-hydrogen) atoms. The monoisotopic (exact) mass is 335 g/mol. The van der Waals surface area contributed by atoms with E-state index in [1.807, 2.05) is 6.07 Å². The van der Waals surface area contributed by atoms with Gasteiger partial charge < -0.3 is 15.5 Å². The number of benzene rings is 2. The number of hydrazine groups is 1. The zero-order chi connectivity index (χ0) is 14.5. The van der Waals surface area contributed by atoms with E-state index in [0.29, 0.717) is 22.7 Å². The Morgan fingerprint density at radius 3 is 2.70 bits per heavy atom. The van der Waals surface area contributed by atoms with Gasteiger partial charge in [0.1, 0.15) is 5.75 Å².